The molecule has 0 atom stereocenters. The Bertz CT molecular complexity index is 962. The molecule has 7 heteroatoms. The molecule has 126 valence electrons. The van der Waals surface area contributed by atoms with Gasteiger partial charge in [0.05, 0.1) is 35.9 Å². The van der Waals surface area contributed by atoms with Crippen LogP contribution in [0.25, 0.3) is 11.0 Å². The van der Waals surface area contributed by atoms with Gasteiger partial charge in [-0.05, 0) is 24.1 Å². The predicted octanol–water partition coefficient (Wildman–Crippen LogP) is 2.54. The molecule has 3 heterocycles. The van der Waals surface area contributed by atoms with E-state index in [2.05, 4.69) is 15.2 Å². The number of rotatable bonds is 5. The van der Waals surface area contributed by atoms with Crippen LogP contribution in [0.1, 0.15) is 39.6 Å². The molecule has 0 bridgehead atoms. The number of H-pyrrole nitrogens is 1. The van der Waals surface area contributed by atoms with Crippen molar-refractivity contribution in [3.63, 3.8) is 0 Å². The molecule has 1 N–H and O–H groups in total. The zero-order valence-electron chi connectivity index (χ0n) is 13.7. The summed E-state index contributed by atoms with van der Waals surface area (Å²) in [5.41, 5.74) is 2.04. The maximum Gasteiger partial charge on any atom is 0.263 e. The van der Waals surface area contributed by atoms with Gasteiger partial charge in [-0.2, -0.15) is 5.10 Å². The molecular formula is C18H16N4O3. The van der Waals surface area contributed by atoms with Gasteiger partial charge in [0.2, 0.25) is 0 Å². The van der Waals surface area contributed by atoms with E-state index in [1.807, 2.05) is 31.2 Å². The summed E-state index contributed by atoms with van der Waals surface area (Å²) < 4.78 is 5.55. The number of benzene rings is 1. The number of carbonyl (C=O) groups is 2. The number of hydrogen-bond acceptors (Lipinski definition) is 5. The molecule has 25 heavy (non-hydrogen) atoms. The molecule has 1 aliphatic rings. The molecule has 0 spiro atoms. The first-order chi connectivity index (χ1) is 12.2. The highest BCUT2D eigenvalue weighted by molar-refractivity contribution is 6.25. The van der Waals surface area contributed by atoms with Gasteiger partial charge in [-0.25, -0.2) is 4.98 Å². The molecule has 0 fully saturated rings. The number of imide groups is 1. The number of carbonyl (C=O) groups excluding carboxylic acids is 2. The summed E-state index contributed by atoms with van der Waals surface area (Å²) >= 11 is 0. The van der Waals surface area contributed by atoms with Crippen LogP contribution < -0.4 is 4.74 Å². The summed E-state index contributed by atoms with van der Waals surface area (Å²) in [4.78, 5) is 30.7. The number of aromatic amines is 1. The van der Waals surface area contributed by atoms with Crippen molar-refractivity contribution in [2.75, 3.05) is 6.61 Å². The third-order valence-corrected chi connectivity index (χ3v) is 4.15. The number of aromatic nitrogens is 3. The molecule has 0 unspecified atom stereocenters. The highest BCUT2D eigenvalue weighted by atomic mass is 16.5. The van der Waals surface area contributed by atoms with Crippen LogP contribution >= 0.6 is 0 Å². The monoisotopic (exact) mass is 336 g/mol. The summed E-state index contributed by atoms with van der Waals surface area (Å²) in [6.45, 7) is 2.91. The van der Waals surface area contributed by atoms with Crippen LogP contribution in [0.4, 0.5) is 0 Å². The van der Waals surface area contributed by atoms with Crippen molar-refractivity contribution in [2.24, 2.45) is 0 Å². The lowest BCUT2D eigenvalue weighted by Crippen LogP contribution is -2.29. The normalized spacial score (nSPS) is 13.6. The zero-order chi connectivity index (χ0) is 17.4. The lowest BCUT2D eigenvalue weighted by atomic mass is 10.1. The quantitative estimate of drug-likeness (QED) is 0.723. The van der Waals surface area contributed by atoms with Crippen LogP contribution in [0.2, 0.25) is 0 Å². The van der Waals surface area contributed by atoms with E-state index in [-0.39, 0.29) is 18.4 Å². The average Bonchev–Trinajstić information content (AvgIpc) is 3.20. The molecule has 4 rings (SSSR count). The molecule has 7 nitrogen and oxygen atoms in total. The lowest BCUT2D eigenvalue weighted by Gasteiger charge is -2.14. The van der Waals surface area contributed by atoms with Crippen molar-refractivity contribution in [2.45, 2.75) is 19.9 Å². The number of pyridine rings is 1. The second kappa shape index (κ2) is 6.01. The van der Waals surface area contributed by atoms with Gasteiger partial charge in [-0.1, -0.05) is 19.1 Å². The van der Waals surface area contributed by atoms with Crippen LogP contribution in [0, 0.1) is 0 Å². The number of nitrogens with one attached hydrogen (secondary N) is 1. The maximum absolute atomic E-state index is 12.7. The van der Waals surface area contributed by atoms with Gasteiger partial charge in [0.15, 0.2) is 5.65 Å². The smallest absolute Gasteiger partial charge is 0.263 e. The van der Waals surface area contributed by atoms with E-state index >= 15 is 0 Å². The van der Waals surface area contributed by atoms with Crippen LogP contribution in [0.3, 0.4) is 0 Å². The van der Waals surface area contributed by atoms with Gasteiger partial charge in [0.25, 0.3) is 11.8 Å². The largest absolute Gasteiger partial charge is 0.494 e. The standard InChI is InChI=1S/C18H16N4O3/c1-2-7-25-12-5-3-11(4-6-12)10-22-17(23)14-8-19-16-13(9-20-21-16)15(14)18(22)24/h3-6,8-9H,2,7,10H2,1H3,(H,19,20,21). The van der Waals surface area contributed by atoms with Crippen molar-refractivity contribution in [3.05, 3.63) is 53.3 Å². The molecule has 1 aromatic carbocycles. The van der Waals surface area contributed by atoms with Gasteiger partial charge in [-0.15, -0.1) is 0 Å². The lowest BCUT2D eigenvalue weighted by molar-refractivity contribution is 0.0643. The Labute approximate surface area is 143 Å². The zero-order valence-corrected chi connectivity index (χ0v) is 13.7. The fraction of sp³-hybridized carbons (Fsp3) is 0.222. The minimum atomic E-state index is -0.332. The summed E-state index contributed by atoms with van der Waals surface area (Å²) in [5, 5.41) is 7.18. The van der Waals surface area contributed by atoms with Crippen molar-refractivity contribution < 1.29 is 14.3 Å². The van der Waals surface area contributed by atoms with E-state index < -0.39 is 0 Å². The Morgan fingerprint density at radius 1 is 1.12 bits per heavy atom. The number of ether oxygens (including phenoxy) is 1. The summed E-state index contributed by atoms with van der Waals surface area (Å²) in [5.74, 6) is 0.124. The first kappa shape index (κ1) is 15.3. The van der Waals surface area contributed by atoms with Crippen LogP contribution in [0.15, 0.2) is 36.7 Å². The SMILES string of the molecule is CCCOc1ccc(CN2C(=O)c3cnc4[nH]ncc4c3C2=O)cc1. The van der Waals surface area contributed by atoms with E-state index in [4.69, 9.17) is 4.74 Å². The second-order valence-corrected chi connectivity index (χ2v) is 5.87. The van der Waals surface area contributed by atoms with Crippen LogP contribution in [0.5, 0.6) is 5.75 Å². The maximum atomic E-state index is 12.7. The molecule has 2 aromatic heterocycles. The van der Waals surface area contributed by atoms with Crippen LogP contribution in [-0.2, 0) is 6.54 Å². The summed E-state index contributed by atoms with van der Waals surface area (Å²) in [6, 6.07) is 7.42. The molecule has 0 aliphatic carbocycles. The Balaban J connectivity index is 1.59. The second-order valence-electron chi connectivity index (χ2n) is 5.87. The van der Waals surface area contributed by atoms with Gasteiger partial charge in [0.1, 0.15) is 5.75 Å². The molecular weight excluding hydrogens is 320 g/mol. The number of fused-ring (bicyclic) bond motifs is 3. The summed E-state index contributed by atoms with van der Waals surface area (Å²) in [6.07, 6.45) is 3.89. The van der Waals surface area contributed by atoms with Gasteiger partial charge >= 0.3 is 0 Å². The third kappa shape index (κ3) is 2.53. The van der Waals surface area contributed by atoms with Crippen molar-refractivity contribution in [1.82, 2.24) is 20.1 Å². The van der Waals surface area contributed by atoms with Crippen molar-refractivity contribution >= 4 is 22.8 Å². The van der Waals surface area contributed by atoms with Gasteiger partial charge in [-0.3, -0.25) is 19.6 Å². The van der Waals surface area contributed by atoms with Crippen molar-refractivity contribution in [3.8, 4) is 5.75 Å². The molecule has 3 aromatic rings. The van der Waals surface area contributed by atoms with Crippen molar-refractivity contribution in [1.29, 1.82) is 0 Å². The van der Waals surface area contributed by atoms with E-state index in [9.17, 15) is 9.59 Å². The minimum Gasteiger partial charge on any atom is -0.494 e. The fourth-order valence-corrected chi connectivity index (χ4v) is 2.90. The van der Waals surface area contributed by atoms with E-state index in [0.29, 0.717) is 28.8 Å². The number of hydrogen-bond donors (Lipinski definition) is 1. The molecule has 0 saturated carbocycles. The third-order valence-electron chi connectivity index (χ3n) is 4.15. The molecule has 0 radical (unpaired) electrons. The molecule has 0 saturated heterocycles. The Morgan fingerprint density at radius 2 is 1.92 bits per heavy atom. The first-order valence-electron chi connectivity index (χ1n) is 8.09. The number of nitrogens with zero attached hydrogens (tertiary/aromatic N) is 3. The van der Waals surface area contributed by atoms with Crippen LogP contribution in [-0.4, -0.2) is 38.5 Å². The Morgan fingerprint density at radius 3 is 2.68 bits per heavy atom. The molecule has 2 amide bonds. The van der Waals surface area contributed by atoms with E-state index in [1.165, 1.54) is 17.3 Å². The first-order valence-corrected chi connectivity index (χ1v) is 8.09. The highest BCUT2D eigenvalue weighted by Crippen LogP contribution is 2.29. The Kier molecular flexibility index (Phi) is 3.68. The topological polar surface area (TPSA) is 88.2 Å². The minimum absolute atomic E-state index is 0.208. The number of amides is 2. The highest BCUT2D eigenvalue weighted by Gasteiger charge is 2.37. The van der Waals surface area contributed by atoms with Gasteiger partial charge < -0.3 is 4.74 Å². The van der Waals surface area contributed by atoms with E-state index in [0.717, 1.165) is 17.7 Å². The van der Waals surface area contributed by atoms with E-state index in [1.54, 1.807) is 0 Å². The fourth-order valence-electron chi connectivity index (χ4n) is 2.90. The van der Waals surface area contributed by atoms with Gasteiger partial charge in [0, 0.05) is 6.20 Å². The predicted molar refractivity (Wildman–Crippen MR) is 90.3 cm³/mol. The average molecular weight is 336 g/mol. The summed E-state index contributed by atoms with van der Waals surface area (Å²) in [7, 11) is 0. The Hall–Kier alpha value is -3.22. The molecule has 1 aliphatic heterocycles.